The maximum Gasteiger partial charge on any atom is 0.238 e. The van der Waals surface area contributed by atoms with Crippen LogP contribution in [-0.2, 0) is 16.4 Å². The van der Waals surface area contributed by atoms with Gasteiger partial charge in [0, 0.05) is 29.4 Å². The van der Waals surface area contributed by atoms with Crippen LogP contribution in [0.2, 0.25) is 5.15 Å². The smallest absolute Gasteiger partial charge is 0.238 e. The lowest BCUT2D eigenvalue weighted by Crippen LogP contribution is -2.13. The predicted molar refractivity (Wildman–Crippen MR) is 75.8 cm³/mol. The second-order valence-corrected chi connectivity index (χ2v) is 6.04. The lowest BCUT2D eigenvalue weighted by molar-refractivity contribution is 0.598. The Balaban J connectivity index is 2.69. The van der Waals surface area contributed by atoms with E-state index in [1.807, 2.05) is 7.05 Å². The van der Waals surface area contributed by atoms with Gasteiger partial charge in [0.1, 0.15) is 5.15 Å². The first-order chi connectivity index (χ1) is 8.93. The van der Waals surface area contributed by atoms with Crippen molar-refractivity contribution in [3.05, 3.63) is 35.1 Å². The minimum atomic E-state index is -3.79. The van der Waals surface area contributed by atoms with Crippen LogP contribution in [0.25, 0.3) is 10.8 Å². The second-order valence-electron chi connectivity index (χ2n) is 4.15. The van der Waals surface area contributed by atoms with E-state index in [4.69, 9.17) is 16.7 Å². The average Bonchev–Trinajstić information content (AvgIpc) is 2.34. The van der Waals surface area contributed by atoms with E-state index in [1.165, 1.54) is 6.07 Å². The number of fused-ring (bicyclic) bond motifs is 1. The van der Waals surface area contributed by atoms with Gasteiger partial charge in [-0.25, -0.2) is 18.5 Å². The number of primary sulfonamides is 1. The highest BCUT2D eigenvalue weighted by atomic mass is 35.5. The summed E-state index contributed by atoms with van der Waals surface area (Å²) in [5.74, 6) is 0. The van der Waals surface area contributed by atoms with Crippen LogP contribution >= 0.6 is 11.6 Å². The number of nitrogens with one attached hydrogen (secondary N) is 1. The van der Waals surface area contributed by atoms with E-state index in [0.29, 0.717) is 17.2 Å². The van der Waals surface area contributed by atoms with Crippen molar-refractivity contribution in [1.82, 2.24) is 10.3 Å². The quantitative estimate of drug-likeness (QED) is 0.833. The monoisotopic (exact) mass is 299 g/mol. The summed E-state index contributed by atoms with van der Waals surface area (Å²) in [6.07, 6.45) is 0.658. The lowest BCUT2D eigenvalue weighted by Gasteiger charge is -2.08. The second kappa shape index (κ2) is 5.42. The SMILES string of the molecule is CNCCc1cc2c(S(N)(=O)=O)cccc2c(Cl)n1. The molecule has 0 unspecified atom stereocenters. The molecule has 0 radical (unpaired) electrons. The topological polar surface area (TPSA) is 85.1 Å². The van der Waals surface area contributed by atoms with Gasteiger partial charge in [0.25, 0.3) is 0 Å². The fraction of sp³-hybridized carbons (Fsp3) is 0.250. The van der Waals surface area contributed by atoms with Gasteiger partial charge < -0.3 is 5.32 Å². The molecule has 2 aromatic rings. The highest BCUT2D eigenvalue weighted by Crippen LogP contribution is 2.27. The van der Waals surface area contributed by atoms with Gasteiger partial charge in [-0.2, -0.15) is 0 Å². The van der Waals surface area contributed by atoms with Gasteiger partial charge in [-0.1, -0.05) is 23.7 Å². The molecule has 102 valence electrons. The van der Waals surface area contributed by atoms with E-state index in [9.17, 15) is 8.42 Å². The minimum Gasteiger partial charge on any atom is -0.319 e. The molecule has 19 heavy (non-hydrogen) atoms. The molecule has 0 bridgehead atoms. The summed E-state index contributed by atoms with van der Waals surface area (Å²) in [6, 6.07) is 6.51. The molecule has 1 heterocycles. The fourth-order valence-electron chi connectivity index (χ4n) is 1.89. The number of benzene rings is 1. The molecule has 0 aliphatic heterocycles. The normalized spacial score (nSPS) is 11.9. The average molecular weight is 300 g/mol. The number of aromatic nitrogens is 1. The molecule has 0 spiro atoms. The summed E-state index contributed by atoms with van der Waals surface area (Å²) in [5.41, 5.74) is 0.725. The summed E-state index contributed by atoms with van der Waals surface area (Å²) in [5, 5.41) is 9.60. The van der Waals surface area contributed by atoms with E-state index in [1.54, 1.807) is 18.2 Å². The van der Waals surface area contributed by atoms with Crippen molar-refractivity contribution in [2.45, 2.75) is 11.3 Å². The van der Waals surface area contributed by atoms with Gasteiger partial charge in [-0.05, 0) is 19.2 Å². The van der Waals surface area contributed by atoms with Crippen LogP contribution in [0.3, 0.4) is 0 Å². The van der Waals surface area contributed by atoms with Gasteiger partial charge >= 0.3 is 0 Å². The Bertz CT molecular complexity index is 716. The van der Waals surface area contributed by atoms with Crippen molar-refractivity contribution in [2.75, 3.05) is 13.6 Å². The number of sulfonamides is 1. The third kappa shape index (κ3) is 3.03. The molecule has 0 amide bonds. The molecule has 1 aromatic heterocycles. The van der Waals surface area contributed by atoms with Gasteiger partial charge in [0.05, 0.1) is 4.90 Å². The Morgan fingerprint density at radius 1 is 1.37 bits per heavy atom. The van der Waals surface area contributed by atoms with Crippen molar-refractivity contribution >= 4 is 32.4 Å². The number of nitrogens with zero attached hydrogens (tertiary/aromatic N) is 1. The van der Waals surface area contributed by atoms with Crippen LogP contribution in [-0.4, -0.2) is 27.0 Å². The number of nitrogens with two attached hydrogens (primary N) is 1. The van der Waals surface area contributed by atoms with Crippen LogP contribution in [0.5, 0.6) is 0 Å². The van der Waals surface area contributed by atoms with Gasteiger partial charge in [0.2, 0.25) is 10.0 Å². The zero-order valence-electron chi connectivity index (χ0n) is 10.4. The first-order valence-corrected chi connectivity index (χ1v) is 7.61. The zero-order valence-corrected chi connectivity index (χ0v) is 11.9. The molecule has 0 atom stereocenters. The Hall–Kier alpha value is -1.21. The maximum atomic E-state index is 11.6. The van der Waals surface area contributed by atoms with E-state index in [2.05, 4.69) is 10.3 Å². The molecule has 3 N–H and O–H groups in total. The largest absolute Gasteiger partial charge is 0.319 e. The molecule has 0 aliphatic carbocycles. The van der Waals surface area contributed by atoms with Crippen molar-refractivity contribution in [2.24, 2.45) is 5.14 Å². The summed E-state index contributed by atoms with van der Waals surface area (Å²) < 4.78 is 23.2. The summed E-state index contributed by atoms with van der Waals surface area (Å²) >= 11 is 6.10. The van der Waals surface area contributed by atoms with E-state index >= 15 is 0 Å². The lowest BCUT2D eigenvalue weighted by atomic mass is 10.1. The molecule has 1 aromatic carbocycles. The van der Waals surface area contributed by atoms with E-state index in [-0.39, 0.29) is 10.0 Å². The summed E-state index contributed by atoms with van der Waals surface area (Å²) in [6.45, 7) is 0.729. The third-order valence-corrected chi connectivity index (χ3v) is 4.04. The molecule has 0 aliphatic rings. The molecular formula is C12H14ClN3O2S. The van der Waals surface area contributed by atoms with Crippen molar-refractivity contribution < 1.29 is 8.42 Å². The first kappa shape index (κ1) is 14.2. The van der Waals surface area contributed by atoms with Crippen molar-refractivity contribution in [3.8, 4) is 0 Å². The number of hydrogen-bond donors (Lipinski definition) is 2. The Morgan fingerprint density at radius 2 is 2.11 bits per heavy atom. The van der Waals surface area contributed by atoms with Crippen LogP contribution in [0.4, 0.5) is 0 Å². The number of likely N-dealkylation sites (N-methyl/N-ethyl adjacent to an activating group) is 1. The van der Waals surface area contributed by atoms with Crippen LogP contribution in [0, 0.1) is 0 Å². The molecule has 7 heteroatoms. The fourth-order valence-corrected chi connectivity index (χ4v) is 2.90. The zero-order chi connectivity index (χ0) is 14.0. The Labute approximate surface area is 116 Å². The highest BCUT2D eigenvalue weighted by Gasteiger charge is 2.15. The number of hydrogen-bond acceptors (Lipinski definition) is 4. The first-order valence-electron chi connectivity index (χ1n) is 5.69. The Morgan fingerprint density at radius 3 is 2.74 bits per heavy atom. The summed E-state index contributed by atoms with van der Waals surface area (Å²) in [4.78, 5) is 4.32. The van der Waals surface area contributed by atoms with Crippen molar-refractivity contribution in [1.29, 1.82) is 0 Å². The predicted octanol–water partition coefficient (Wildman–Crippen LogP) is 1.30. The molecule has 5 nitrogen and oxygen atoms in total. The third-order valence-electron chi connectivity index (χ3n) is 2.78. The van der Waals surface area contributed by atoms with Crippen LogP contribution in [0.15, 0.2) is 29.2 Å². The van der Waals surface area contributed by atoms with E-state index in [0.717, 1.165) is 12.2 Å². The standard InChI is InChI=1S/C12H14ClN3O2S/c1-15-6-5-8-7-10-9(12(13)16-8)3-2-4-11(10)19(14,17)18/h2-4,7,15H,5-6H2,1H3,(H2,14,17,18). The molecule has 0 fully saturated rings. The maximum absolute atomic E-state index is 11.6. The molecule has 0 saturated heterocycles. The number of halogens is 1. The van der Waals surface area contributed by atoms with E-state index < -0.39 is 10.0 Å². The van der Waals surface area contributed by atoms with Crippen LogP contribution < -0.4 is 10.5 Å². The van der Waals surface area contributed by atoms with Gasteiger partial charge in [0.15, 0.2) is 0 Å². The molecule has 2 rings (SSSR count). The van der Waals surface area contributed by atoms with Gasteiger partial charge in [-0.3, -0.25) is 0 Å². The number of pyridine rings is 1. The highest BCUT2D eigenvalue weighted by molar-refractivity contribution is 7.89. The van der Waals surface area contributed by atoms with Crippen LogP contribution in [0.1, 0.15) is 5.69 Å². The Kier molecular flexibility index (Phi) is 4.05. The molecule has 0 saturated carbocycles. The number of rotatable bonds is 4. The summed E-state index contributed by atoms with van der Waals surface area (Å²) in [7, 11) is -1.95. The molecular weight excluding hydrogens is 286 g/mol. The van der Waals surface area contributed by atoms with Crippen molar-refractivity contribution in [3.63, 3.8) is 0 Å². The van der Waals surface area contributed by atoms with Gasteiger partial charge in [-0.15, -0.1) is 0 Å². The minimum absolute atomic E-state index is 0.0695.